The van der Waals surface area contributed by atoms with E-state index in [-0.39, 0.29) is 6.04 Å². The summed E-state index contributed by atoms with van der Waals surface area (Å²) in [5.74, 6) is 0. The number of hydrogen-bond acceptors (Lipinski definition) is 2. The first kappa shape index (κ1) is 10.2. The molecule has 0 fully saturated rings. The first-order valence-corrected chi connectivity index (χ1v) is 4.47. The van der Waals surface area contributed by atoms with Crippen LogP contribution in [0.4, 0.5) is 0 Å². The molecule has 0 radical (unpaired) electrons. The van der Waals surface area contributed by atoms with E-state index in [1.165, 1.54) is 16.7 Å². The molecule has 1 rings (SSSR count). The summed E-state index contributed by atoms with van der Waals surface area (Å²) in [4.78, 5) is 0. The average Bonchev–Trinajstić information content (AvgIpc) is 2.04. The molecule has 72 valence electrons. The predicted octanol–water partition coefficient (Wildman–Crippen LogP) is 1.95. The lowest BCUT2D eigenvalue weighted by molar-refractivity contribution is 0.180. The molecule has 0 aliphatic carbocycles. The molecule has 1 atom stereocenters. The Balaban J connectivity index is 2.98. The number of benzene rings is 1. The minimum Gasteiger partial charge on any atom is -0.383 e. The third kappa shape index (κ3) is 2.29. The lowest BCUT2D eigenvalue weighted by Crippen LogP contribution is -2.18. The van der Waals surface area contributed by atoms with E-state index in [1.54, 1.807) is 7.11 Å². The molecule has 0 aromatic heterocycles. The quantitative estimate of drug-likeness (QED) is 0.769. The van der Waals surface area contributed by atoms with E-state index in [9.17, 15) is 0 Å². The van der Waals surface area contributed by atoms with Crippen LogP contribution >= 0.6 is 0 Å². The van der Waals surface area contributed by atoms with Crippen molar-refractivity contribution in [1.82, 2.24) is 0 Å². The summed E-state index contributed by atoms with van der Waals surface area (Å²) in [6.07, 6.45) is 0. The zero-order valence-corrected chi connectivity index (χ0v) is 8.50. The molecular formula is C11H17NO. The fraction of sp³-hybridized carbons (Fsp3) is 0.455. The van der Waals surface area contributed by atoms with Gasteiger partial charge in [0.1, 0.15) is 0 Å². The van der Waals surface area contributed by atoms with Gasteiger partial charge in [0.25, 0.3) is 0 Å². The summed E-state index contributed by atoms with van der Waals surface area (Å²) in [6, 6.07) is 6.20. The molecule has 0 heterocycles. The first-order chi connectivity index (χ1) is 6.16. The van der Waals surface area contributed by atoms with Gasteiger partial charge in [-0.3, -0.25) is 0 Å². The summed E-state index contributed by atoms with van der Waals surface area (Å²) in [7, 11) is 1.67. The SMILES string of the molecule is COCC(N)c1c(C)cccc1C. The van der Waals surface area contributed by atoms with Gasteiger partial charge in [-0.15, -0.1) is 0 Å². The number of hydrogen-bond donors (Lipinski definition) is 1. The average molecular weight is 179 g/mol. The topological polar surface area (TPSA) is 35.2 Å². The highest BCUT2D eigenvalue weighted by molar-refractivity contribution is 5.35. The number of rotatable bonds is 3. The minimum atomic E-state index is -0.00815. The van der Waals surface area contributed by atoms with E-state index in [4.69, 9.17) is 10.5 Å². The lowest BCUT2D eigenvalue weighted by Gasteiger charge is -2.16. The molecular weight excluding hydrogens is 162 g/mol. The zero-order chi connectivity index (χ0) is 9.84. The van der Waals surface area contributed by atoms with E-state index in [1.807, 2.05) is 6.07 Å². The van der Waals surface area contributed by atoms with Gasteiger partial charge in [0.2, 0.25) is 0 Å². The summed E-state index contributed by atoms with van der Waals surface area (Å²) in [5.41, 5.74) is 9.68. The van der Waals surface area contributed by atoms with E-state index in [2.05, 4.69) is 26.0 Å². The van der Waals surface area contributed by atoms with Gasteiger partial charge in [-0.2, -0.15) is 0 Å². The zero-order valence-electron chi connectivity index (χ0n) is 8.50. The van der Waals surface area contributed by atoms with Crippen LogP contribution in [0.2, 0.25) is 0 Å². The molecule has 2 nitrogen and oxygen atoms in total. The fourth-order valence-corrected chi connectivity index (χ4v) is 1.68. The summed E-state index contributed by atoms with van der Waals surface area (Å²) < 4.78 is 5.04. The van der Waals surface area contributed by atoms with Gasteiger partial charge >= 0.3 is 0 Å². The number of methoxy groups -OCH3 is 1. The van der Waals surface area contributed by atoms with E-state index >= 15 is 0 Å². The molecule has 0 amide bonds. The van der Waals surface area contributed by atoms with Crippen LogP contribution in [0.25, 0.3) is 0 Å². The highest BCUT2D eigenvalue weighted by atomic mass is 16.5. The van der Waals surface area contributed by atoms with Crippen LogP contribution in [0.1, 0.15) is 22.7 Å². The van der Waals surface area contributed by atoms with Crippen LogP contribution in [0.3, 0.4) is 0 Å². The molecule has 0 saturated carbocycles. The Bertz CT molecular complexity index is 263. The van der Waals surface area contributed by atoms with Crippen LogP contribution < -0.4 is 5.73 Å². The molecule has 1 aromatic carbocycles. The van der Waals surface area contributed by atoms with Gasteiger partial charge in [-0.25, -0.2) is 0 Å². The van der Waals surface area contributed by atoms with Crippen molar-refractivity contribution < 1.29 is 4.74 Å². The van der Waals surface area contributed by atoms with Gasteiger partial charge in [0.05, 0.1) is 12.6 Å². The van der Waals surface area contributed by atoms with Gasteiger partial charge in [0.15, 0.2) is 0 Å². The summed E-state index contributed by atoms with van der Waals surface area (Å²) in [6.45, 7) is 4.74. The number of nitrogens with two attached hydrogens (primary N) is 1. The highest BCUT2D eigenvalue weighted by Gasteiger charge is 2.10. The Kier molecular flexibility index (Phi) is 3.46. The predicted molar refractivity (Wildman–Crippen MR) is 54.7 cm³/mol. The van der Waals surface area contributed by atoms with Crippen molar-refractivity contribution in [2.45, 2.75) is 19.9 Å². The Morgan fingerprint density at radius 3 is 2.31 bits per heavy atom. The maximum absolute atomic E-state index is 5.98. The summed E-state index contributed by atoms with van der Waals surface area (Å²) in [5, 5.41) is 0. The smallest absolute Gasteiger partial charge is 0.0655 e. The van der Waals surface area contributed by atoms with E-state index < -0.39 is 0 Å². The lowest BCUT2D eigenvalue weighted by atomic mass is 9.97. The molecule has 0 spiro atoms. The van der Waals surface area contributed by atoms with Gasteiger partial charge in [-0.1, -0.05) is 18.2 Å². The maximum Gasteiger partial charge on any atom is 0.0655 e. The molecule has 1 unspecified atom stereocenters. The van der Waals surface area contributed by atoms with Crippen molar-refractivity contribution in [2.24, 2.45) is 5.73 Å². The number of ether oxygens (including phenoxy) is 1. The minimum absolute atomic E-state index is 0.00815. The molecule has 0 aliphatic rings. The van der Waals surface area contributed by atoms with Crippen LogP contribution in [-0.2, 0) is 4.74 Å². The standard InChI is InChI=1S/C11H17NO/c1-8-5-4-6-9(2)11(8)10(12)7-13-3/h4-6,10H,7,12H2,1-3H3. The van der Waals surface area contributed by atoms with Crippen molar-refractivity contribution in [3.05, 3.63) is 34.9 Å². The van der Waals surface area contributed by atoms with E-state index in [0.717, 1.165) is 0 Å². The Morgan fingerprint density at radius 2 is 1.85 bits per heavy atom. The largest absolute Gasteiger partial charge is 0.383 e. The van der Waals surface area contributed by atoms with Crippen LogP contribution in [0.15, 0.2) is 18.2 Å². The van der Waals surface area contributed by atoms with Crippen molar-refractivity contribution in [3.63, 3.8) is 0 Å². The maximum atomic E-state index is 5.98. The van der Waals surface area contributed by atoms with Gasteiger partial charge in [0, 0.05) is 7.11 Å². The van der Waals surface area contributed by atoms with Gasteiger partial charge < -0.3 is 10.5 Å². The molecule has 13 heavy (non-hydrogen) atoms. The summed E-state index contributed by atoms with van der Waals surface area (Å²) >= 11 is 0. The van der Waals surface area contributed by atoms with Gasteiger partial charge in [-0.05, 0) is 30.5 Å². The second-order valence-electron chi connectivity index (χ2n) is 3.37. The molecule has 1 aromatic rings. The Labute approximate surface area is 79.7 Å². The first-order valence-electron chi connectivity index (χ1n) is 4.47. The normalized spacial score (nSPS) is 12.9. The second-order valence-corrected chi connectivity index (χ2v) is 3.37. The van der Waals surface area contributed by atoms with Crippen molar-refractivity contribution in [2.75, 3.05) is 13.7 Å². The third-order valence-corrected chi connectivity index (χ3v) is 2.26. The van der Waals surface area contributed by atoms with Crippen LogP contribution in [-0.4, -0.2) is 13.7 Å². The van der Waals surface area contributed by atoms with Crippen LogP contribution in [0.5, 0.6) is 0 Å². The van der Waals surface area contributed by atoms with E-state index in [0.29, 0.717) is 6.61 Å². The van der Waals surface area contributed by atoms with Crippen molar-refractivity contribution in [1.29, 1.82) is 0 Å². The van der Waals surface area contributed by atoms with Crippen LogP contribution in [0, 0.1) is 13.8 Å². The van der Waals surface area contributed by atoms with Crippen molar-refractivity contribution >= 4 is 0 Å². The third-order valence-electron chi connectivity index (χ3n) is 2.26. The Hall–Kier alpha value is -0.860. The number of aryl methyl sites for hydroxylation is 2. The molecule has 2 N–H and O–H groups in total. The fourth-order valence-electron chi connectivity index (χ4n) is 1.68. The molecule has 0 bridgehead atoms. The highest BCUT2D eigenvalue weighted by Crippen LogP contribution is 2.19. The Morgan fingerprint density at radius 1 is 1.31 bits per heavy atom. The monoisotopic (exact) mass is 179 g/mol. The molecule has 2 heteroatoms. The molecule has 0 aliphatic heterocycles. The second kappa shape index (κ2) is 4.40. The van der Waals surface area contributed by atoms with Crippen molar-refractivity contribution in [3.8, 4) is 0 Å². The molecule has 0 saturated heterocycles.